The molecule has 0 radical (unpaired) electrons. The fourth-order valence-electron chi connectivity index (χ4n) is 6.39. The van der Waals surface area contributed by atoms with Crippen molar-refractivity contribution in [1.29, 1.82) is 0 Å². The molecule has 1 aliphatic heterocycles. The maximum absolute atomic E-state index is 14.0. The van der Waals surface area contributed by atoms with Crippen LogP contribution < -0.4 is 10.6 Å². The Morgan fingerprint density at radius 3 is 2.47 bits per heavy atom. The van der Waals surface area contributed by atoms with Crippen molar-refractivity contribution in [3.63, 3.8) is 0 Å². The number of benzene rings is 1. The summed E-state index contributed by atoms with van der Waals surface area (Å²) in [6.45, 7) is 1.89. The predicted molar refractivity (Wildman–Crippen MR) is 143 cm³/mol. The van der Waals surface area contributed by atoms with E-state index in [1.54, 1.807) is 18.1 Å². The second-order valence-electron chi connectivity index (χ2n) is 11.1. The lowest BCUT2D eigenvalue weighted by Gasteiger charge is -2.44. The van der Waals surface area contributed by atoms with E-state index in [0.29, 0.717) is 51.3 Å². The summed E-state index contributed by atoms with van der Waals surface area (Å²) in [7, 11) is 3.46. The minimum Gasteiger partial charge on any atom is -0.385 e. The molecule has 6 nitrogen and oxygen atoms in total. The van der Waals surface area contributed by atoms with Gasteiger partial charge in [0.15, 0.2) is 0 Å². The number of carbonyl (C=O) groups is 1. The highest BCUT2D eigenvalue weighted by Crippen LogP contribution is 2.45. The average Bonchev–Trinajstić information content (AvgIpc) is 2.91. The number of hydrogen-bond donors (Lipinski definition) is 3. The van der Waals surface area contributed by atoms with Crippen LogP contribution in [0, 0.1) is 11.8 Å². The van der Waals surface area contributed by atoms with E-state index in [2.05, 4.69) is 10.6 Å². The number of halogens is 3. The summed E-state index contributed by atoms with van der Waals surface area (Å²) < 4.78 is 47.1. The second-order valence-corrected chi connectivity index (χ2v) is 11.1. The van der Waals surface area contributed by atoms with Gasteiger partial charge in [-0.15, -0.1) is 0 Å². The van der Waals surface area contributed by atoms with Crippen LogP contribution in [0.25, 0.3) is 0 Å². The molecule has 3 atom stereocenters. The summed E-state index contributed by atoms with van der Waals surface area (Å²) >= 11 is 0. The summed E-state index contributed by atoms with van der Waals surface area (Å²) in [6.07, 6.45) is 4.99. The maximum atomic E-state index is 14.0. The number of carbonyl (C=O) groups excluding carboxylic acids is 1. The zero-order valence-electron chi connectivity index (χ0n) is 23.0. The smallest absolute Gasteiger partial charge is 0.385 e. The number of amides is 2. The Hall–Kier alpha value is -1.84. The molecule has 2 aliphatic rings. The standard InChI is InChI=1S/C29H46F3N3O3/c1-33-20-24(19-22-11-4-3-5-12-22)34-27(36)35-17-10-13-23(21-35)28(37,16-8-9-18-38-2)25-14-6-7-15-26(25)29(30,31)32/h6-7,14-15,22-24,33,37H,3-5,8-13,16-21H2,1-2H3,(H,34,36)/t23-,24?,28+/m1/s1. The van der Waals surface area contributed by atoms with Crippen molar-refractivity contribution in [2.45, 2.75) is 88.4 Å². The molecule has 1 heterocycles. The summed E-state index contributed by atoms with van der Waals surface area (Å²) in [4.78, 5) is 15.1. The number of nitrogens with zero attached hydrogens (tertiary/aromatic N) is 1. The number of hydrogen-bond acceptors (Lipinski definition) is 4. The first-order chi connectivity index (χ1) is 18.2. The number of urea groups is 1. The number of piperidine rings is 1. The fraction of sp³-hybridized carbons (Fsp3) is 0.759. The third-order valence-electron chi connectivity index (χ3n) is 8.36. The molecule has 1 saturated carbocycles. The number of ether oxygens (including phenoxy) is 1. The van der Waals surface area contributed by atoms with Gasteiger partial charge in [-0.3, -0.25) is 0 Å². The minimum absolute atomic E-state index is 0.00476. The molecule has 3 rings (SSSR count). The molecule has 9 heteroatoms. The number of rotatable bonds is 12. The summed E-state index contributed by atoms with van der Waals surface area (Å²) in [5.41, 5.74) is -2.61. The SMILES string of the molecule is CNCC(CC1CCCCC1)NC(=O)N1CCC[C@@H]([C@@](O)(CCCCOC)c2ccccc2C(F)(F)F)C1. The number of methoxy groups -OCH3 is 1. The Balaban J connectivity index is 1.77. The van der Waals surface area contributed by atoms with Gasteiger partial charge in [-0.05, 0) is 63.1 Å². The van der Waals surface area contributed by atoms with Crippen LogP contribution in [0.2, 0.25) is 0 Å². The molecule has 3 N–H and O–H groups in total. The number of unbranched alkanes of at least 4 members (excludes halogenated alkanes) is 1. The number of nitrogens with one attached hydrogen (secondary N) is 2. The van der Waals surface area contributed by atoms with Gasteiger partial charge in [-0.1, -0.05) is 50.3 Å². The van der Waals surface area contributed by atoms with E-state index in [0.717, 1.165) is 12.5 Å². The summed E-state index contributed by atoms with van der Waals surface area (Å²) in [5.74, 6) is 0.0988. The van der Waals surface area contributed by atoms with Gasteiger partial charge < -0.3 is 25.4 Å². The van der Waals surface area contributed by atoms with Gasteiger partial charge in [0.05, 0.1) is 11.2 Å². The first kappa shape index (κ1) is 30.7. The monoisotopic (exact) mass is 541 g/mol. The molecule has 0 spiro atoms. The van der Waals surface area contributed by atoms with E-state index in [9.17, 15) is 23.1 Å². The zero-order chi connectivity index (χ0) is 27.6. The number of likely N-dealkylation sites (N-methyl/N-ethyl adjacent to an activating group) is 1. The van der Waals surface area contributed by atoms with E-state index < -0.39 is 23.3 Å². The van der Waals surface area contributed by atoms with Crippen LogP contribution in [-0.4, -0.2) is 62.5 Å². The van der Waals surface area contributed by atoms with Gasteiger partial charge in [0.25, 0.3) is 0 Å². The van der Waals surface area contributed by atoms with E-state index in [1.807, 2.05) is 7.05 Å². The molecule has 216 valence electrons. The van der Waals surface area contributed by atoms with E-state index in [4.69, 9.17) is 4.74 Å². The fourth-order valence-corrected chi connectivity index (χ4v) is 6.39. The lowest BCUT2D eigenvalue weighted by molar-refractivity contribution is -0.143. The molecule has 2 fully saturated rings. The van der Waals surface area contributed by atoms with Crippen LogP contribution >= 0.6 is 0 Å². The van der Waals surface area contributed by atoms with Crippen LogP contribution in [0.1, 0.15) is 81.8 Å². The topological polar surface area (TPSA) is 73.8 Å². The minimum atomic E-state index is -4.58. The average molecular weight is 542 g/mol. The van der Waals surface area contributed by atoms with E-state index in [-0.39, 0.29) is 30.6 Å². The summed E-state index contributed by atoms with van der Waals surface area (Å²) in [6, 6.07) is 5.13. The highest BCUT2D eigenvalue weighted by Gasteiger charge is 2.46. The number of aliphatic hydroxyl groups is 1. The van der Waals surface area contributed by atoms with Gasteiger partial charge in [-0.2, -0.15) is 13.2 Å². The zero-order valence-corrected chi connectivity index (χ0v) is 23.0. The molecule has 0 bridgehead atoms. The van der Waals surface area contributed by atoms with Crippen molar-refractivity contribution in [1.82, 2.24) is 15.5 Å². The third kappa shape index (κ3) is 8.33. The molecule has 1 aliphatic carbocycles. The van der Waals surface area contributed by atoms with Gasteiger partial charge in [0.2, 0.25) is 0 Å². The molecule has 1 aromatic carbocycles. The Morgan fingerprint density at radius 2 is 1.82 bits per heavy atom. The third-order valence-corrected chi connectivity index (χ3v) is 8.36. The summed E-state index contributed by atoms with van der Waals surface area (Å²) in [5, 5.41) is 18.4. The van der Waals surface area contributed by atoms with Crippen molar-refractivity contribution in [2.75, 3.05) is 40.4 Å². The van der Waals surface area contributed by atoms with E-state index in [1.165, 1.54) is 44.2 Å². The van der Waals surface area contributed by atoms with Crippen molar-refractivity contribution >= 4 is 6.03 Å². The Kier molecular flexibility index (Phi) is 11.7. The molecular weight excluding hydrogens is 495 g/mol. The predicted octanol–water partition coefficient (Wildman–Crippen LogP) is 5.69. The van der Waals surface area contributed by atoms with Crippen LogP contribution in [0.5, 0.6) is 0 Å². The van der Waals surface area contributed by atoms with Gasteiger partial charge >= 0.3 is 12.2 Å². The Labute approximate surface area is 225 Å². The normalized spacial score (nSPS) is 21.6. The number of alkyl halides is 3. The molecule has 2 amide bonds. The van der Waals surface area contributed by atoms with Crippen molar-refractivity contribution < 1.29 is 27.8 Å². The highest BCUT2D eigenvalue weighted by atomic mass is 19.4. The first-order valence-corrected chi connectivity index (χ1v) is 14.3. The molecule has 38 heavy (non-hydrogen) atoms. The van der Waals surface area contributed by atoms with Crippen molar-refractivity contribution in [3.05, 3.63) is 35.4 Å². The molecule has 0 aromatic heterocycles. The van der Waals surface area contributed by atoms with Crippen LogP contribution in [0.4, 0.5) is 18.0 Å². The highest BCUT2D eigenvalue weighted by molar-refractivity contribution is 5.74. The lowest BCUT2D eigenvalue weighted by atomic mass is 9.72. The van der Waals surface area contributed by atoms with Crippen molar-refractivity contribution in [3.8, 4) is 0 Å². The molecule has 1 unspecified atom stereocenters. The maximum Gasteiger partial charge on any atom is 0.416 e. The first-order valence-electron chi connectivity index (χ1n) is 14.3. The van der Waals surface area contributed by atoms with Gasteiger partial charge in [0, 0.05) is 45.3 Å². The van der Waals surface area contributed by atoms with Crippen molar-refractivity contribution in [2.24, 2.45) is 11.8 Å². The van der Waals surface area contributed by atoms with Crippen LogP contribution in [0.3, 0.4) is 0 Å². The molecular formula is C29H46F3N3O3. The number of likely N-dealkylation sites (tertiary alicyclic amines) is 1. The Bertz CT molecular complexity index is 863. The largest absolute Gasteiger partial charge is 0.416 e. The van der Waals surface area contributed by atoms with Crippen LogP contribution in [-0.2, 0) is 16.5 Å². The van der Waals surface area contributed by atoms with Crippen LogP contribution in [0.15, 0.2) is 24.3 Å². The Morgan fingerprint density at radius 1 is 1.11 bits per heavy atom. The second kappa shape index (κ2) is 14.5. The van der Waals surface area contributed by atoms with Gasteiger partial charge in [-0.25, -0.2) is 4.79 Å². The lowest BCUT2D eigenvalue weighted by Crippen LogP contribution is -2.54. The quantitative estimate of drug-likeness (QED) is 0.297. The molecule has 1 saturated heterocycles. The van der Waals surface area contributed by atoms with Gasteiger partial charge in [0.1, 0.15) is 0 Å². The molecule has 1 aromatic rings. The van der Waals surface area contributed by atoms with E-state index >= 15 is 0 Å².